The van der Waals surface area contributed by atoms with E-state index in [1.807, 2.05) is 0 Å². The number of benzene rings is 15. The van der Waals surface area contributed by atoms with Crippen LogP contribution in [0.3, 0.4) is 0 Å². The average Bonchev–Trinajstić information content (AvgIpc) is 1.62. The van der Waals surface area contributed by atoms with Gasteiger partial charge in [-0.1, -0.05) is 314 Å². The van der Waals surface area contributed by atoms with Crippen molar-refractivity contribution in [3.05, 3.63) is 338 Å². The number of hydrogen-bond donors (Lipinski definition) is 0. The quantitative estimate of drug-likeness (QED) is 0.135. The van der Waals surface area contributed by atoms with Crippen LogP contribution in [-0.4, -0.2) is 11.1 Å². The Morgan fingerprint density at radius 2 is 0.640 bits per heavy atom. The normalized spacial score (nSPS) is 13.2. The Bertz CT molecular complexity index is 6660. The third-order valence-corrected chi connectivity index (χ3v) is 24.1. The van der Waals surface area contributed by atoms with Crippen LogP contribution in [0, 0.1) is 0 Å². The average molecular weight is 1430 g/mol. The van der Waals surface area contributed by atoms with E-state index in [1.54, 1.807) is 0 Å². The van der Waals surface area contributed by atoms with Crippen molar-refractivity contribution in [2.75, 3.05) is 9.80 Å². The lowest BCUT2D eigenvalue weighted by atomic mass is 9.33. The third kappa shape index (κ3) is 11.2. The summed E-state index contributed by atoms with van der Waals surface area (Å²) in [6.07, 6.45) is 0. The molecular weight excluding hydrogens is 1340 g/mol. The SMILES string of the molecule is CC(C)(C)c1cc(-c2ccc(N3c4cc(-c5cc(C(C)(C)C)cc(C(C)(C)C)c5)ccc4B4c5ccc(-c6ccc7oc8ccccc8c7c6)cc5N(c5c(-c6ccccc6)cc(-c6ccccc6)cc5-c5ccccc5)c5cc(-c6ccc7c(c6)c6cccc8c9ccccc9n7c86)cc3c54)cc2)cc(C(C)(C)C)c1. The van der Waals surface area contributed by atoms with Gasteiger partial charge in [-0.15, -0.1) is 0 Å². The molecule has 0 aliphatic carbocycles. The van der Waals surface area contributed by atoms with Crippen LogP contribution in [0.1, 0.15) is 105 Å². The summed E-state index contributed by atoms with van der Waals surface area (Å²) in [5, 5.41) is 7.22. The molecule has 0 radical (unpaired) electrons. The molecule has 111 heavy (non-hydrogen) atoms. The predicted octanol–water partition coefficient (Wildman–Crippen LogP) is 27.7. The number of hydrogen-bond acceptors (Lipinski definition) is 3. The van der Waals surface area contributed by atoms with E-state index in [9.17, 15) is 0 Å². The Balaban J connectivity index is 0.924. The van der Waals surface area contributed by atoms with Gasteiger partial charge >= 0.3 is 0 Å². The number of rotatable bonds is 9. The van der Waals surface area contributed by atoms with Crippen molar-refractivity contribution in [3.8, 4) is 77.9 Å². The first-order chi connectivity index (χ1) is 53.5. The van der Waals surface area contributed by atoms with Crippen LogP contribution in [0.2, 0.25) is 0 Å². The van der Waals surface area contributed by atoms with E-state index in [0.717, 1.165) is 112 Å². The molecule has 5 heterocycles. The molecule has 2 aliphatic rings. The minimum Gasteiger partial charge on any atom is -0.456 e. The van der Waals surface area contributed by atoms with Crippen molar-refractivity contribution in [2.24, 2.45) is 0 Å². The van der Waals surface area contributed by atoms with Crippen molar-refractivity contribution in [2.45, 2.75) is 105 Å². The summed E-state index contributed by atoms with van der Waals surface area (Å²) in [6.45, 7) is 27.9. The molecule has 0 saturated heterocycles. The van der Waals surface area contributed by atoms with E-state index in [4.69, 9.17) is 4.42 Å². The molecule has 0 N–H and O–H groups in total. The van der Waals surface area contributed by atoms with Gasteiger partial charge in [0.1, 0.15) is 11.2 Å². The predicted molar refractivity (Wildman–Crippen MR) is 475 cm³/mol. The molecule has 2 aliphatic heterocycles. The number of para-hydroxylation sites is 3. The topological polar surface area (TPSA) is 24.0 Å². The first-order valence-corrected chi connectivity index (χ1v) is 39.5. The molecule has 0 amide bonds. The van der Waals surface area contributed by atoms with Gasteiger partial charge in [0, 0.05) is 71.9 Å². The summed E-state index contributed by atoms with van der Waals surface area (Å²) in [5.74, 6) is 0. The molecule has 4 nitrogen and oxygen atoms in total. The Labute approximate surface area is 652 Å². The lowest BCUT2D eigenvalue weighted by Gasteiger charge is -2.45. The van der Waals surface area contributed by atoms with E-state index in [1.165, 1.54) is 99.0 Å². The van der Waals surface area contributed by atoms with Gasteiger partial charge in [0.05, 0.1) is 22.2 Å². The smallest absolute Gasteiger partial charge is 0.252 e. The molecular formula is C106H88BN3O. The van der Waals surface area contributed by atoms with Crippen molar-refractivity contribution in [3.63, 3.8) is 0 Å². The van der Waals surface area contributed by atoms with Gasteiger partial charge in [-0.05, 0) is 212 Å². The number of aromatic nitrogens is 1. The zero-order valence-electron chi connectivity index (χ0n) is 65.3. The van der Waals surface area contributed by atoms with Crippen LogP contribution in [0.25, 0.3) is 138 Å². The van der Waals surface area contributed by atoms with Crippen molar-refractivity contribution >= 4 is 117 Å². The van der Waals surface area contributed by atoms with E-state index in [0.29, 0.717) is 0 Å². The maximum absolute atomic E-state index is 6.56. The van der Waals surface area contributed by atoms with Crippen LogP contribution in [0.15, 0.2) is 320 Å². The summed E-state index contributed by atoms with van der Waals surface area (Å²) in [5.41, 5.74) is 37.0. The second-order valence-corrected chi connectivity index (χ2v) is 35.3. The third-order valence-electron chi connectivity index (χ3n) is 24.1. The standard InChI is InChI=1S/C106H88BN3O/c1-103(2,3)77-51-73(52-78(63-77)104(4,5)6)66-39-45-81(46-40-66)108-94-60-72(74-53-79(105(7,8)9)64-80(54-74)106(10,11)12)42-48-90(94)107-91-47-41-71(69-44-50-99-89(56-69)83-34-23-25-38-98(83)111-99)59-95(91)110(102-86(67-29-18-14-19-30-67)57-75(65-27-16-13-17-28-65)58-87(102)68-31-20-15-21-32-68)97-62-76(61-96(108)100(97)107)70-43-49-93-88(55-70)85-36-26-35-84-82-33-22-24-37-92(82)109(93)101(84)85/h13-64H,1-12H3. The van der Waals surface area contributed by atoms with Crippen LogP contribution >= 0.6 is 0 Å². The zero-order chi connectivity index (χ0) is 75.7. The molecule has 3 aromatic heterocycles. The molecule has 0 saturated carbocycles. The van der Waals surface area contributed by atoms with Gasteiger partial charge in [0.2, 0.25) is 0 Å². The summed E-state index contributed by atoms with van der Waals surface area (Å²) >= 11 is 0. The fraction of sp³-hybridized carbons (Fsp3) is 0.151. The van der Waals surface area contributed by atoms with Crippen LogP contribution in [0.4, 0.5) is 34.1 Å². The number of furan rings is 1. The fourth-order valence-electron chi connectivity index (χ4n) is 18.0. The lowest BCUT2D eigenvalue weighted by Crippen LogP contribution is -2.61. The highest BCUT2D eigenvalue weighted by Crippen LogP contribution is 2.54. The molecule has 0 spiro atoms. The van der Waals surface area contributed by atoms with Gasteiger partial charge < -0.3 is 18.6 Å². The number of nitrogens with zero attached hydrogens (tertiary/aromatic N) is 3. The van der Waals surface area contributed by atoms with Gasteiger partial charge in [0.15, 0.2) is 0 Å². The van der Waals surface area contributed by atoms with Crippen molar-refractivity contribution in [1.29, 1.82) is 0 Å². The summed E-state index contributed by atoms with van der Waals surface area (Å²) in [6, 6.07) is 121. The minimum absolute atomic E-state index is 0.0526. The van der Waals surface area contributed by atoms with E-state index in [2.05, 4.69) is 413 Å². The van der Waals surface area contributed by atoms with Crippen LogP contribution in [0.5, 0.6) is 0 Å². The largest absolute Gasteiger partial charge is 0.456 e. The second-order valence-electron chi connectivity index (χ2n) is 35.3. The highest BCUT2D eigenvalue weighted by molar-refractivity contribution is 7.00. The molecule has 20 rings (SSSR count). The Kier molecular flexibility index (Phi) is 15.3. The summed E-state index contributed by atoms with van der Waals surface area (Å²) < 4.78 is 9.06. The molecule has 0 fully saturated rings. The monoisotopic (exact) mass is 1430 g/mol. The van der Waals surface area contributed by atoms with Crippen LogP contribution in [-0.2, 0) is 21.7 Å². The molecule has 0 bridgehead atoms. The van der Waals surface area contributed by atoms with E-state index in [-0.39, 0.29) is 28.4 Å². The molecule has 0 unspecified atom stereocenters. The van der Waals surface area contributed by atoms with Crippen LogP contribution < -0.4 is 26.2 Å². The maximum Gasteiger partial charge on any atom is 0.252 e. The Morgan fingerprint density at radius 1 is 0.252 bits per heavy atom. The molecule has 0 atom stereocenters. The summed E-state index contributed by atoms with van der Waals surface area (Å²) in [4.78, 5) is 5.35. The van der Waals surface area contributed by atoms with Crippen molar-refractivity contribution in [1.82, 2.24) is 4.40 Å². The highest BCUT2D eigenvalue weighted by atomic mass is 16.3. The molecule has 15 aromatic carbocycles. The number of anilines is 6. The van der Waals surface area contributed by atoms with Gasteiger partial charge in [0.25, 0.3) is 6.71 Å². The fourth-order valence-corrected chi connectivity index (χ4v) is 18.0. The number of fused-ring (bicyclic) bond motifs is 13. The second kappa shape index (κ2) is 25.1. The van der Waals surface area contributed by atoms with Gasteiger partial charge in [-0.3, -0.25) is 0 Å². The minimum atomic E-state index is -0.230. The Morgan fingerprint density at radius 3 is 1.23 bits per heavy atom. The first-order valence-electron chi connectivity index (χ1n) is 39.5. The van der Waals surface area contributed by atoms with Gasteiger partial charge in [-0.2, -0.15) is 0 Å². The Hall–Kier alpha value is -12.4. The van der Waals surface area contributed by atoms with Crippen molar-refractivity contribution < 1.29 is 4.42 Å². The summed E-state index contributed by atoms with van der Waals surface area (Å²) in [7, 11) is 0. The first kappa shape index (κ1) is 67.9. The zero-order valence-corrected chi connectivity index (χ0v) is 65.3. The molecule has 18 aromatic rings. The van der Waals surface area contributed by atoms with E-state index < -0.39 is 0 Å². The highest BCUT2D eigenvalue weighted by Gasteiger charge is 2.45. The molecule has 5 heteroatoms. The molecule has 536 valence electrons. The van der Waals surface area contributed by atoms with Gasteiger partial charge in [-0.25, -0.2) is 0 Å². The van der Waals surface area contributed by atoms with E-state index >= 15 is 0 Å². The lowest BCUT2D eigenvalue weighted by molar-refractivity contribution is 0.568. The maximum atomic E-state index is 6.56.